The van der Waals surface area contributed by atoms with Crippen LogP contribution in [-0.2, 0) is 48.2 Å². The van der Waals surface area contributed by atoms with Crippen molar-refractivity contribution in [3.05, 3.63) is 65.2 Å². The molecule has 1 heterocycles. The minimum atomic E-state index is -1.45. The smallest absolute Gasteiger partial charge is 0.326 e. The Morgan fingerprint density at radius 3 is 2.16 bits per heavy atom. The van der Waals surface area contributed by atoms with E-state index < -0.39 is 72.7 Å². The van der Waals surface area contributed by atoms with Gasteiger partial charge in [-0.1, -0.05) is 50.2 Å². The number of aromatic hydroxyl groups is 1. The van der Waals surface area contributed by atoms with Gasteiger partial charge in [0.25, 0.3) is 0 Å². The largest absolute Gasteiger partial charge is 0.508 e. The number of nitrogens with one attached hydrogen (secondary N) is 3. The fourth-order valence-electron chi connectivity index (χ4n) is 5.22. The van der Waals surface area contributed by atoms with E-state index in [2.05, 4.69) is 16.0 Å². The molecule has 0 saturated heterocycles. The molecule has 0 aliphatic carbocycles. The van der Waals surface area contributed by atoms with Crippen LogP contribution in [0.5, 0.6) is 5.75 Å². The summed E-state index contributed by atoms with van der Waals surface area (Å²) in [5.74, 6) is -5.61. The summed E-state index contributed by atoms with van der Waals surface area (Å²) in [6.45, 7) is 3.21. The molecule has 8 N–H and O–H groups in total. The van der Waals surface area contributed by atoms with Gasteiger partial charge in [0, 0.05) is 13.0 Å². The molecule has 14 heteroatoms. The maximum absolute atomic E-state index is 13.6. The molecule has 4 atom stereocenters. The highest BCUT2D eigenvalue weighted by Crippen LogP contribution is 2.27. The fourth-order valence-corrected chi connectivity index (χ4v) is 5.22. The maximum atomic E-state index is 13.6. The van der Waals surface area contributed by atoms with Gasteiger partial charge >= 0.3 is 11.9 Å². The summed E-state index contributed by atoms with van der Waals surface area (Å²) in [5, 5.41) is 36.5. The molecule has 4 amide bonds. The molecule has 0 unspecified atom stereocenters. The van der Waals surface area contributed by atoms with E-state index in [1.54, 1.807) is 24.3 Å². The van der Waals surface area contributed by atoms with Crippen LogP contribution in [0.15, 0.2) is 48.5 Å². The molecule has 2 aromatic carbocycles. The van der Waals surface area contributed by atoms with Gasteiger partial charge in [-0.3, -0.25) is 28.9 Å². The molecule has 0 radical (unpaired) electrons. The van der Waals surface area contributed by atoms with Gasteiger partial charge < -0.3 is 37.0 Å². The first kappa shape index (κ1) is 34.5. The Kier molecular flexibility index (Phi) is 12.0. The number of benzene rings is 2. The zero-order valence-corrected chi connectivity index (χ0v) is 25.1. The second kappa shape index (κ2) is 15.7. The lowest BCUT2D eigenvalue weighted by Gasteiger charge is -2.40. The zero-order chi connectivity index (χ0) is 33.3. The number of phenols is 1. The van der Waals surface area contributed by atoms with Crippen molar-refractivity contribution in [2.24, 2.45) is 11.7 Å². The number of aliphatic carboxylic acids is 2. The monoisotopic (exact) mass is 625 g/mol. The summed E-state index contributed by atoms with van der Waals surface area (Å²) < 4.78 is 0. The minimum Gasteiger partial charge on any atom is -0.508 e. The molecule has 0 saturated carbocycles. The van der Waals surface area contributed by atoms with Crippen molar-refractivity contribution in [2.45, 2.75) is 70.2 Å². The first-order chi connectivity index (χ1) is 21.2. The maximum Gasteiger partial charge on any atom is 0.326 e. The topological polar surface area (TPSA) is 228 Å². The van der Waals surface area contributed by atoms with Crippen molar-refractivity contribution >= 4 is 35.6 Å². The molecule has 0 spiro atoms. The van der Waals surface area contributed by atoms with E-state index in [0.29, 0.717) is 12.0 Å². The predicted molar refractivity (Wildman–Crippen MR) is 160 cm³/mol. The quantitative estimate of drug-likeness (QED) is 0.139. The summed E-state index contributed by atoms with van der Waals surface area (Å²) in [6.07, 6.45) is -0.496. The molecule has 3 rings (SSSR count). The van der Waals surface area contributed by atoms with E-state index in [0.717, 1.165) is 11.1 Å². The second-order valence-corrected chi connectivity index (χ2v) is 11.4. The Labute approximate surface area is 260 Å². The van der Waals surface area contributed by atoms with Gasteiger partial charge in [0.15, 0.2) is 0 Å². The number of fused-ring (bicyclic) bond motifs is 1. The van der Waals surface area contributed by atoms with Gasteiger partial charge in [-0.15, -0.1) is 0 Å². The lowest BCUT2D eigenvalue weighted by molar-refractivity contribution is -0.147. The number of primary amides is 1. The SMILES string of the molecule is CC(C)C[C@H](NC(=O)CNC(=O)[C@@H]1Cc2ccccc2CN1[C@@H](CC(=O)O)C(=O)N[C@@H](Cc1ccc(O)cc1)C(=O)O)C(N)=O. The van der Waals surface area contributed by atoms with Gasteiger partial charge in [-0.25, -0.2) is 4.79 Å². The molecule has 2 aromatic rings. The number of phenolic OH excluding ortho intramolecular Hbond substituents is 1. The van der Waals surface area contributed by atoms with Crippen molar-refractivity contribution in [3.8, 4) is 5.75 Å². The highest BCUT2D eigenvalue weighted by molar-refractivity contribution is 5.93. The number of nitrogens with two attached hydrogens (primary N) is 1. The standard InChI is InChI=1S/C31H39N5O9/c1-17(2)11-22(28(32)41)34-26(38)15-33-29(42)24-13-19-5-3-4-6-20(19)16-36(24)25(14-27(39)40)30(43)35-23(31(44)45)12-18-7-9-21(37)10-8-18/h3-10,17,22-25,37H,11-16H2,1-2H3,(H2,32,41)(H,33,42)(H,34,38)(H,35,43)(H,39,40)(H,44,45)/t22-,23-,24-,25-/m0/s1. The molecule has 45 heavy (non-hydrogen) atoms. The lowest BCUT2D eigenvalue weighted by atomic mass is 9.91. The van der Waals surface area contributed by atoms with Gasteiger partial charge in [0.2, 0.25) is 23.6 Å². The Balaban J connectivity index is 1.83. The average Bonchev–Trinajstić information content (AvgIpc) is 2.97. The van der Waals surface area contributed by atoms with E-state index in [1.807, 2.05) is 13.8 Å². The summed E-state index contributed by atoms with van der Waals surface area (Å²) in [6, 6.07) is 7.95. The van der Waals surface area contributed by atoms with Gasteiger partial charge in [0.1, 0.15) is 23.9 Å². The number of carboxylic acid groups (broad SMARTS) is 2. The molecular formula is C31H39N5O9. The van der Waals surface area contributed by atoms with Gasteiger partial charge in [-0.2, -0.15) is 0 Å². The number of carbonyl (C=O) groups is 6. The summed E-state index contributed by atoms with van der Waals surface area (Å²) >= 11 is 0. The summed E-state index contributed by atoms with van der Waals surface area (Å²) in [5.41, 5.74) is 7.43. The molecule has 0 bridgehead atoms. The van der Waals surface area contributed by atoms with Gasteiger partial charge in [-0.05, 0) is 47.6 Å². The Bertz CT molecular complexity index is 1410. The second-order valence-electron chi connectivity index (χ2n) is 11.4. The molecule has 1 aliphatic rings. The highest BCUT2D eigenvalue weighted by atomic mass is 16.4. The third-order valence-electron chi connectivity index (χ3n) is 7.46. The highest BCUT2D eigenvalue weighted by Gasteiger charge is 2.41. The minimum absolute atomic E-state index is 0.000336. The number of hydrogen-bond acceptors (Lipinski definition) is 8. The van der Waals surface area contributed by atoms with Gasteiger partial charge in [0.05, 0.1) is 19.0 Å². The molecular weight excluding hydrogens is 586 g/mol. The Morgan fingerprint density at radius 1 is 0.933 bits per heavy atom. The number of nitrogens with zero attached hydrogens (tertiary/aromatic N) is 1. The number of rotatable bonds is 15. The third-order valence-corrected chi connectivity index (χ3v) is 7.46. The van der Waals surface area contributed by atoms with Crippen LogP contribution in [0.25, 0.3) is 0 Å². The number of carbonyl (C=O) groups excluding carboxylic acids is 4. The molecule has 0 fully saturated rings. The average molecular weight is 626 g/mol. The van der Waals surface area contributed by atoms with Crippen molar-refractivity contribution in [1.29, 1.82) is 0 Å². The van der Waals surface area contributed by atoms with E-state index >= 15 is 0 Å². The number of amides is 4. The van der Waals surface area contributed by atoms with Crippen molar-refractivity contribution in [3.63, 3.8) is 0 Å². The molecule has 242 valence electrons. The Morgan fingerprint density at radius 2 is 1.58 bits per heavy atom. The van der Waals surface area contributed by atoms with Crippen LogP contribution in [0.2, 0.25) is 0 Å². The Hall–Kier alpha value is -4.98. The number of hydrogen-bond donors (Lipinski definition) is 7. The van der Waals surface area contributed by atoms with Crippen LogP contribution in [0.3, 0.4) is 0 Å². The molecule has 0 aromatic heterocycles. The summed E-state index contributed by atoms with van der Waals surface area (Å²) in [4.78, 5) is 76.8. The predicted octanol–water partition coefficient (Wildman–Crippen LogP) is -0.0933. The van der Waals surface area contributed by atoms with Crippen molar-refractivity contribution in [2.75, 3.05) is 6.54 Å². The van der Waals surface area contributed by atoms with E-state index in [-0.39, 0.29) is 31.1 Å². The van der Waals surface area contributed by atoms with Crippen LogP contribution in [0.1, 0.15) is 43.4 Å². The van der Waals surface area contributed by atoms with Crippen LogP contribution < -0.4 is 21.7 Å². The van der Waals surface area contributed by atoms with Crippen LogP contribution in [0, 0.1) is 5.92 Å². The van der Waals surface area contributed by atoms with Crippen LogP contribution >= 0.6 is 0 Å². The lowest BCUT2D eigenvalue weighted by Crippen LogP contribution is -2.60. The van der Waals surface area contributed by atoms with E-state index in [9.17, 15) is 44.1 Å². The first-order valence-corrected chi connectivity index (χ1v) is 14.5. The third kappa shape index (κ3) is 10.0. The zero-order valence-electron chi connectivity index (χ0n) is 25.1. The normalized spacial score (nSPS) is 16.5. The number of carboxylic acids is 2. The van der Waals surface area contributed by atoms with Crippen LogP contribution in [0.4, 0.5) is 0 Å². The first-order valence-electron chi connectivity index (χ1n) is 14.5. The van der Waals surface area contributed by atoms with Crippen molar-refractivity contribution in [1.82, 2.24) is 20.9 Å². The molecule has 1 aliphatic heterocycles. The van der Waals surface area contributed by atoms with E-state index in [4.69, 9.17) is 5.73 Å². The van der Waals surface area contributed by atoms with Crippen molar-refractivity contribution < 1.29 is 44.1 Å². The molecule has 14 nitrogen and oxygen atoms in total. The van der Waals surface area contributed by atoms with E-state index in [1.165, 1.54) is 29.2 Å². The summed E-state index contributed by atoms with van der Waals surface area (Å²) in [7, 11) is 0. The van der Waals surface area contributed by atoms with Crippen LogP contribution in [-0.4, -0.2) is 86.5 Å². The fraction of sp³-hybridized carbons (Fsp3) is 0.419.